The lowest BCUT2D eigenvalue weighted by Gasteiger charge is -2.24. The van der Waals surface area contributed by atoms with E-state index in [2.05, 4.69) is 15.5 Å². The Balaban J connectivity index is 1.56. The number of ether oxygens (including phenoxy) is 1. The number of hydrogen-bond acceptors (Lipinski definition) is 6. The molecule has 146 valence electrons. The molecule has 0 aliphatic heterocycles. The van der Waals surface area contributed by atoms with Crippen LogP contribution in [0, 0.1) is 5.92 Å². The minimum absolute atomic E-state index is 0.115. The Morgan fingerprint density at radius 2 is 1.79 bits per heavy atom. The minimum atomic E-state index is -0.291. The summed E-state index contributed by atoms with van der Waals surface area (Å²) in [5.74, 6) is 0.689. The molecule has 2 aromatic carbocycles. The third-order valence-electron chi connectivity index (χ3n) is 4.66. The molecule has 0 fully saturated rings. The molecule has 28 heavy (non-hydrogen) atoms. The van der Waals surface area contributed by atoms with Crippen LogP contribution in [0.1, 0.15) is 30.8 Å². The number of aryl methyl sites for hydroxylation is 1. The van der Waals surface area contributed by atoms with Crippen LogP contribution in [-0.2, 0) is 16.0 Å². The van der Waals surface area contributed by atoms with Crippen LogP contribution in [0.4, 0.5) is 0 Å². The summed E-state index contributed by atoms with van der Waals surface area (Å²) in [4.78, 5) is 16.5. The van der Waals surface area contributed by atoms with Crippen molar-refractivity contribution in [2.24, 2.45) is 5.92 Å². The maximum atomic E-state index is 12.0. The van der Waals surface area contributed by atoms with Gasteiger partial charge in [0, 0.05) is 18.0 Å². The van der Waals surface area contributed by atoms with Gasteiger partial charge in [-0.15, -0.1) is 0 Å². The zero-order valence-electron chi connectivity index (χ0n) is 16.2. The SMILES string of the molecule is COC(=O)[C@H](C)[C@@H](NCCCc1nc(-c2ccccc2)no1)c1ccccc1. The van der Waals surface area contributed by atoms with Gasteiger partial charge in [0.2, 0.25) is 11.7 Å². The van der Waals surface area contributed by atoms with Crippen molar-refractivity contribution in [1.82, 2.24) is 15.5 Å². The van der Waals surface area contributed by atoms with Gasteiger partial charge in [0.05, 0.1) is 13.0 Å². The number of rotatable bonds is 9. The molecule has 0 aliphatic carbocycles. The van der Waals surface area contributed by atoms with E-state index in [-0.39, 0.29) is 17.9 Å². The van der Waals surface area contributed by atoms with Gasteiger partial charge in [-0.3, -0.25) is 4.79 Å². The molecule has 0 bridgehead atoms. The summed E-state index contributed by atoms with van der Waals surface area (Å²) in [7, 11) is 1.42. The molecule has 3 rings (SSSR count). The normalized spacial score (nSPS) is 13.1. The molecule has 0 saturated heterocycles. The number of methoxy groups -OCH3 is 1. The molecule has 3 aromatic rings. The van der Waals surface area contributed by atoms with Gasteiger partial charge in [-0.25, -0.2) is 0 Å². The highest BCUT2D eigenvalue weighted by molar-refractivity contribution is 5.73. The van der Waals surface area contributed by atoms with E-state index in [1.807, 2.05) is 67.6 Å². The number of esters is 1. The van der Waals surface area contributed by atoms with Crippen LogP contribution in [0.25, 0.3) is 11.4 Å². The number of nitrogens with zero attached hydrogens (tertiary/aromatic N) is 2. The van der Waals surface area contributed by atoms with Crippen molar-refractivity contribution in [3.05, 3.63) is 72.1 Å². The topological polar surface area (TPSA) is 77.2 Å². The van der Waals surface area contributed by atoms with Crippen molar-refractivity contribution < 1.29 is 14.1 Å². The second-order valence-electron chi connectivity index (χ2n) is 6.64. The summed E-state index contributed by atoms with van der Waals surface area (Å²) in [6.07, 6.45) is 1.48. The van der Waals surface area contributed by atoms with E-state index in [0.29, 0.717) is 24.7 Å². The lowest BCUT2D eigenvalue weighted by Crippen LogP contribution is -2.32. The molecule has 6 heteroatoms. The molecule has 1 aromatic heterocycles. The van der Waals surface area contributed by atoms with Gasteiger partial charge >= 0.3 is 5.97 Å². The van der Waals surface area contributed by atoms with E-state index in [1.165, 1.54) is 7.11 Å². The number of benzene rings is 2. The first kappa shape index (κ1) is 19.8. The smallest absolute Gasteiger partial charge is 0.310 e. The molecule has 6 nitrogen and oxygen atoms in total. The molecule has 0 unspecified atom stereocenters. The van der Waals surface area contributed by atoms with Crippen LogP contribution in [-0.4, -0.2) is 29.8 Å². The van der Waals surface area contributed by atoms with Crippen molar-refractivity contribution in [2.75, 3.05) is 13.7 Å². The molecular weight excluding hydrogens is 354 g/mol. The summed E-state index contributed by atoms with van der Waals surface area (Å²) in [6.45, 7) is 2.59. The summed E-state index contributed by atoms with van der Waals surface area (Å²) in [5.41, 5.74) is 2.00. The number of aromatic nitrogens is 2. The standard InChI is InChI=1S/C22H25N3O3/c1-16(22(26)27-2)20(17-10-5-3-6-11-17)23-15-9-14-19-24-21(25-28-19)18-12-7-4-8-13-18/h3-8,10-13,16,20,23H,9,14-15H2,1-2H3/t16-,20-/m1/s1. The third kappa shape index (κ3) is 5.04. The zero-order valence-corrected chi connectivity index (χ0v) is 16.2. The Labute approximate surface area is 164 Å². The molecule has 1 N–H and O–H groups in total. The van der Waals surface area contributed by atoms with Gasteiger partial charge in [-0.05, 0) is 18.5 Å². The van der Waals surface area contributed by atoms with Crippen LogP contribution in [0.5, 0.6) is 0 Å². The molecule has 0 saturated carbocycles. The first-order chi connectivity index (χ1) is 13.7. The highest BCUT2D eigenvalue weighted by atomic mass is 16.5. The third-order valence-corrected chi connectivity index (χ3v) is 4.66. The first-order valence-electron chi connectivity index (χ1n) is 9.43. The monoisotopic (exact) mass is 379 g/mol. The van der Waals surface area contributed by atoms with E-state index < -0.39 is 0 Å². The van der Waals surface area contributed by atoms with E-state index in [9.17, 15) is 4.79 Å². The lowest BCUT2D eigenvalue weighted by molar-refractivity contribution is -0.145. The van der Waals surface area contributed by atoms with Crippen molar-refractivity contribution in [3.63, 3.8) is 0 Å². The lowest BCUT2D eigenvalue weighted by atomic mass is 9.94. The van der Waals surface area contributed by atoms with Crippen LogP contribution >= 0.6 is 0 Å². The van der Waals surface area contributed by atoms with Gasteiger partial charge < -0.3 is 14.6 Å². The summed E-state index contributed by atoms with van der Waals surface area (Å²) in [6, 6.07) is 19.6. The fourth-order valence-electron chi connectivity index (χ4n) is 3.12. The van der Waals surface area contributed by atoms with E-state index in [4.69, 9.17) is 9.26 Å². The van der Waals surface area contributed by atoms with E-state index in [0.717, 1.165) is 17.5 Å². The average molecular weight is 379 g/mol. The van der Waals surface area contributed by atoms with Crippen LogP contribution in [0.3, 0.4) is 0 Å². The largest absolute Gasteiger partial charge is 0.469 e. The Morgan fingerprint density at radius 3 is 2.46 bits per heavy atom. The van der Waals surface area contributed by atoms with E-state index >= 15 is 0 Å². The first-order valence-corrected chi connectivity index (χ1v) is 9.43. The quantitative estimate of drug-likeness (QED) is 0.450. The van der Waals surface area contributed by atoms with Gasteiger partial charge in [0.1, 0.15) is 0 Å². The van der Waals surface area contributed by atoms with E-state index in [1.54, 1.807) is 0 Å². The molecule has 0 aliphatic rings. The second-order valence-corrected chi connectivity index (χ2v) is 6.64. The van der Waals surface area contributed by atoms with Gasteiger partial charge in [-0.2, -0.15) is 4.98 Å². The Bertz CT molecular complexity index is 865. The van der Waals surface area contributed by atoms with Crippen molar-refractivity contribution in [2.45, 2.75) is 25.8 Å². The number of nitrogens with one attached hydrogen (secondary N) is 1. The predicted molar refractivity (Wildman–Crippen MR) is 106 cm³/mol. The van der Waals surface area contributed by atoms with Crippen molar-refractivity contribution in [1.29, 1.82) is 0 Å². The second kappa shape index (κ2) is 9.80. The maximum Gasteiger partial charge on any atom is 0.310 e. The average Bonchev–Trinajstić information content (AvgIpc) is 3.23. The van der Waals surface area contributed by atoms with Crippen LogP contribution < -0.4 is 5.32 Å². The summed E-state index contributed by atoms with van der Waals surface area (Å²) in [5, 5.41) is 7.51. The van der Waals surface area contributed by atoms with Crippen LogP contribution in [0.15, 0.2) is 65.2 Å². The molecule has 1 heterocycles. The van der Waals surface area contributed by atoms with Crippen LogP contribution in [0.2, 0.25) is 0 Å². The van der Waals surface area contributed by atoms with Gasteiger partial charge in [0.25, 0.3) is 0 Å². The Morgan fingerprint density at radius 1 is 1.11 bits per heavy atom. The fourth-order valence-corrected chi connectivity index (χ4v) is 3.12. The number of carbonyl (C=O) groups is 1. The maximum absolute atomic E-state index is 12.0. The molecule has 0 radical (unpaired) electrons. The predicted octanol–water partition coefficient (Wildman–Crippen LogP) is 3.81. The Kier molecular flexibility index (Phi) is 6.92. The number of hydrogen-bond donors (Lipinski definition) is 1. The van der Waals surface area contributed by atoms with Gasteiger partial charge in [0.15, 0.2) is 0 Å². The molecule has 0 amide bonds. The molecule has 0 spiro atoms. The number of carbonyl (C=O) groups excluding carboxylic acids is 1. The Hall–Kier alpha value is -2.99. The molecule has 2 atom stereocenters. The van der Waals surface area contributed by atoms with Gasteiger partial charge in [-0.1, -0.05) is 72.7 Å². The summed E-state index contributed by atoms with van der Waals surface area (Å²) < 4.78 is 10.3. The zero-order chi connectivity index (χ0) is 19.8. The minimum Gasteiger partial charge on any atom is -0.469 e. The highest BCUT2D eigenvalue weighted by Gasteiger charge is 2.25. The molecular formula is C22H25N3O3. The van der Waals surface area contributed by atoms with Crippen molar-refractivity contribution >= 4 is 5.97 Å². The highest BCUT2D eigenvalue weighted by Crippen LogP contribution is 2.23. The summed E-state index contributed by atoms with van der Waals surface area (Å²) >= 11 is 0. The fraction of sp³-hybridized carbons (Fsp3) is 0.318. The van der Waals surface area contributed by atoms with Crippen molar-refractivity contribution in [3.8, 4) is 11.4 Å².